The maximum absolute atomic E-state index is 11.7. The van der Waals surface area contributed by atoms with Gasteiger partial charge in [-0.1, -0.05) is 11.6 Å². The van der Waals surface area contributed by atoms with Crippen molar-refractivity contribution in [1.29, 1.82) is 0 Å². The van der Waals surface area contributed by atoms with Crippen molar-refractivity contribution in [2.45, 2.75) is 6.04 Å². The molecule has 1 aromatic carbocycles. The Morgan fingerprint density at radius 3 is 2.57 bits per heavy atom. The molecular weight excluding hydrogens is 320 g/mol. The lowest BCUT2D eigenvalue weighted by atomic mass is 10.2. The molecule has 1 unspecified atom stereocenters. The highest BCUT2D eigenvalue weighted by Gasteiger charge is 2.23. The molecular formula is C12H11ClN2O5S. The first kappa shape index (κ1) is 15.3. The molecule has 0 aliphatic carbocycles. The predicted octanol–water partition coefficient (Wildman–Crippen LogP) is 1.47. The minimum Gasteiger partial charge on any atom is -0.478 e. The van der Waals surface area contributed by atoms with E-state index in [0.29, 0.717) is 5.69 Å². The maximum Gasteiger partial charge on any atom is 0.337 e. The Morgan fingerprint density at radius 1 is 1.33 bits per heavy atom. The molecule has 1 atom stereocenters. The van der Waals surface area contributed by atoms with Gasteiger partial charge >= 0.3 is 12.0 Å². The highest BCUT2D eigenvalue weighted by molar-refractivity contribution is 7.94. The third kappa shape index (κ3) is 3.96. The molecule has 1 aliphatic rings. The number of halogens is 1. The zero-order chi connectivity index (χ0) is 15.6. The highest BCUT2D eigenvalue weighted by Crippen LogP contribution is 2.21. The van der Waals surface area contributed by atoms with Crippen molar-refractivity contribution < 1.29 is 23.1 Å². The number of carboxylic acids is 1. The van der Waals surface area contributed by atoms with Crippen LogP contribution in [-0.4, -0.2) is 37.3 Å². The molecule has 0 fully saturated rings. The van der Waals surface area contributed by atoms with Gasteiger partial charge in [0.05, 0.1) is 22.4 Å². The highest BCUT2D eigenvalue weighted by atomic mass is 35.5. The average molecular weight is 331 g/mol. The van der Waals surface area contributed by atoms with Crippen LogP contribution in [0.1, 0.15) is 10.4 Å². The minimum atomic E-state index is -3.25. The molecule has 0 saturated carbocycles. The van der Waals surface area contributed by atoms with E-state index >= 15 is 0 Å². The second kappa shape index (κ2) is 5.74. The van der Waals surface area contributed by atoms with Crippen molar-refractivity contribution in [3.8, 4) is 0 Å². The van der Waals surface area contributed by atoms with Gasteiger partial charge in [0.2, 0.25) is 0 Å². The van der Waals surface area contributed by atoms with Crippen LogP contribution in [0.25, 0.3) is 0 Å². The third-order valence-electron chi connectivity index (χ3n) is 2.70. The third-order valence-corrected chi connectivity index (χ3v) is 4.41. The standard InChI is InChI=1S/C12H11ClN2O5S/c13-10-5-7(1-2-9(10)11(16)17)14-12(18)15-8-3-4-21(19,20)6-8/h1-5,8H,6H2,(H,16,17)(H2,14,15,18). The summed E-state index contributed by atoms with van der Waals surface area (Å²) in [5, 5.41) is 14.8. The van der Waals surface area contributed by atoms with E-state index in [2.05, 4.69) is 10.6 Å². The first-order valence-corrected chi connectivity index (χ1v) is 7.87. The molecule has 7 nitrogen and oxygen atoms in total. The number of nitrogens with one attached hydrogen (secondary N) is 2. The lowest BCUT2D eigenvalue weighted by Crippen LogP contribution is -2.38. The second-order valence-corrected chi connectivity index (χ2v) is 6.70. The first-order chi connectivity index (χ1) is 9.77. The summed E-state index contributed by atoms with van der Waals surface area (Å²) in [6, 6.07) is 2.74. The van der Waals surface area contributed by atoms with E-state index < -0.39 is 27.9 Å². The number of aromatic carboxylic acids is 1. The summed E-state index contributed by atoms with van der Waals surface area (Å²) in [6.45, 7) is 0. The molecule has 2 rings (SSSR count). The van der Waals surface area contributed by atoms with Gasteiger partial charge in [0, 0.05) is 11.1 Å². The maximum atomic E-state index is 11.7. The first-order valence-electron chi connectivity index (χ1n) is 5.78. The molecule has 1 aromatic rings. The number of sulfone groups is 1. The van der Waals surface area contributed by atoms with Crippen molar-refractivity contribution in [2.24, 2.45) is 0 Å². The van der Waals surface area contributed by atoms with Crippen LogP contribution in [0.2, 0.25) is 5.02 Å². The molecule has 9 heteroatoms. The molecule has 0 radical (unpaired) electrons. The van der Waals surface area contributed by atoms with Gasteiger partial charge in [0.15, 0.2) is 9.84 Å². The van der Waals surface area contributed by atoms with Crippen molar-refractivity contribution >= 4 is 39.1 Å². The van der Waals surface area contributed by atoms with Crippen molar-refractivity contribution in [3.63, 3.8) is 0 Å². The number of amides is 2. The van der Waals surface area contributed by atoms with Gasteiger partial charge in [-0.05, 0) is 24.3 Å². The number of carboxylic acid groups (broad SMARTS) is 1. The number of anilines is 1. The summed E-state index contributed by atoms with van der Waals surface area (Å²) in [4.78, 5) is 22.5. The number of benzene rings is 1. The average Bonchev–Trinajstić information content (AvgIpc) is 2.67. The Balaban J connectivity index is 1.99. The molecule has 0 bridgehead atoms. The van der Waals surface area contributed by atoms with Crippen LogP contribution >= 0.6 is 11.6 Å². The van der Waals surface area contributed by atoms with Crippen LogP contribution in [0, 0.1) is 0 Å². The molecule has 21 heavy (non-hydrogen) atoms. The summed E-state index contributed by atoms with van der Waals surface area (Å²) in [5.41, 5.74) is 0.222. The summed E-state index contributed by atoms with van der Waals surface area (Å²) in [7, 11) is -3.25. The number of urea groups is 1. The molecule has 3 N–H and O–H groups in total. The lowest BCUT2D eigenvalue weighted by Gasteiger charge is -2.12. The van der Waals surface area contributed by atoms with Crippen LogP contribution in [-0.2, 0) is 9.84 Å². The van der Waals surface area contributed by atoms with Crippen molar-refractivity contribution in [2.75, 3.05) is 11.1 Å². The molecule has 1 heterocycles. The van der Waals surface area contributed by atoms with Crippen LogP contribution in [0.4, 0.5) is 10.5 Å². The van der Waals surface area contributed by atoms with E-state index in [-0.39, 0.29) is 16.3 Å². The lowest BCUT2D eigenvalue weighted by molar-refractivity contribution is 0.0697. The molecule has 0 spiro atoms. The largest absolute Gasteiger partial charge is 0.478 e. The molecule has 0 aromatic heterocycles. The summed E-state index contributed by atoms with van der Waals surface area (Å²) in [5.74, 6) is -1.35. The minimum absolute atomic E-state index is 0.0105. The normalized spacial score (nSPS) is 19.2. The molecule has 1 aliphatic heterocycles. The summed E-state index contributed by atoms with van der Waals surface area (Å²) < 4.78 is 22.4. The number of carbonyl (C=O) groups excluding carboxylic acids is 1. The van der Waals surface area contributed by atoms with Gasteiger partial charge < -0.3 is 15.7 Å². The number of carbonyl (C=O) groups is 2. The Bertz CT molecular complexity index is 729. The van der Waals surface area contributed by atoms with E-state index in [0.717, 1.165) is 5.41 Å². The fourth-order valence-corrected chi connectivity index (χ4v) is 3.26. The van der Waals surface area contributed by atoms with Gasteiger partial charge in [-0.3, -0.25) is 0 Å². The fraction of sp³-hybridized carbons (Fsp3) is 0.167. The van der Waals surface area contributed by atoms with Crippen LogP contribution in [0.3, 0.4) is 0 Å². The Hall–Kier alpha value is -2.06. The summed E-state index contributed by atoms with van der Waals surface area (Å²) in [6.07, 6.45) is 1.38. The quantitative estimate of drug-likeness (QED) is 0.776. The van der Waals surface area contributed by atoms with Gasteiger partial charge in [-0.15, -0.1) is 0 Å². The van der Waals surface area contributed by atoms with E-state index in [1.807, 2.05) is 0 Å². The Kier molecular flexibility index (Phi) is 4.19. The molecule has 0 saturated heterocycles. The number of hydrogen-bond donors (Lipinski definition) is 3. The molecule has 112 valence electrons. The zero-order valence-electron chi connectivity index (χ0n) is 10.5. The van der Waals surface area contributed by atoms with Gasteiger partial charge in [0.1, 0.15) is 0 Å². The van der Waals surface area contributed by atoms with Crippen molar-refractivity contribution in [1.82, 2.24) is 5.32 Å². The monoisotopic (exact) mass is 330 g/mol. The van der Waals surface area contributed by atoms with Crippen LogP contribution in [0.5, 0.6) is 0 Å². The van der Waals surface area contributed by atoms with Gasteiger partial charge in [-0.2, -0.15) is 0 Å². The van der Waals surface area contributed by atoms with E-state index in [1.165, 1.54) is 24.3 Å². The molecule has 2 amide bonds. The number of hydrogen-bond acceptors (Lipinski definition) is 4. The van der Waals surface area contributed by atoms with E-state index in [1.54, 1.807) is 0 Å². The van der Waals surface area contributed by atoms with Crippen LogP contribution in [0.15, 0.2) is 29.7 Å². The Labute approximate surface area is 125 Å². The van der Waals surface area contributed by atoms with E-state index in [4.69, 9.17) is 16.7 Å². The SMILES string of the molecule is O=C(Nc1ccc(C(=O)O)c(Cl)c1)NC1C=CS(=O)(=O)C1. The van der Waals surface area contributed by atoms with E-state index in [9.17, 15) is 18.0 Å². The fourth-order valence-electron chi connectivity index (χ4n) is 1.77. The Morgan fingerprint density at radius 2 is 2.05 bits per heavy atom. The number of rotatable bonds is 3. The zero-order valence-corrected chi connectivity index (χ0v) is 12.1. The topological polar surface area (TPSA) is 113 Å². The van der Waals surface area contributed by atoms with Crippen molar-refractivity contribution in [3.05, 3.63) is 40.3 Å². The van der Waals surface area contributed by atoms with Gasteiger partial charge in [0.25, 0.3) is 0 Å². The second-order valence-electron chi connectivity index (χ2n) is 4.36. The summed E-state index contributed by atoms with van der Waals surface area (Å²) >= 11 is 5.77. The predicted molar refractivity (Wildman–Crippen MR) is 77.3 cm³/mol. The smallest absolute Gasteiger partial charge is 0.337 e. The van der Waals surface area contributed by atoms with Gasteiger partial charge in [-0.25, -0.2) is 18.0 Å². The van der Waals surface area contributed by atoms with Crippen LogP contribution < -0.4 is 10.6 Å².